The minimum absolute atomic E-state index is 0.776. The summed E-state index contributed by atoms with van der Waals surface area (Å²) in [5, 5.41) is 2.07. The number of thiophene rings is 1. The summed E-state index contributed by atoms with van der Waals surface area (Å²) in [6, 6.07) is 4.90. The number of nitrogens with zero attached hydrogens (tertiary/aromatic N) is 2. The number of hydrogen-bond donors (Lipinski definition) is 0. The van der Waals surface area contributed by atoms with E-state index in [1.54, 1.807) is 11.3 Å². The van der Waals surface area contributed by atoms with Crippen LogP contribution in [0.5, 0.6) is 0 Å². The highest BCUT2D eigenvalue weighted by Crippen LogP contribution is 2.35. The molecular formula is C18H24N2OS. The molecule has 3 heterocycles. The maximum Gasteiger partial charge on any atom is 0.236 e. The molecule has 0 aromatic carbocycles. The highest BCUT2D eigenvalue weighted by Gasteiger charge is 2.32. The zero-order valence-corrected chi connectivity index (χ0v) is 13.9. The third-order valence-corrected chi connectivity index (χ3v) is 6.11. The van der Waals surface area contributed by atoms with Gasteiger partial charge in [-0.3, -0.25) is 4.90 Å². The fraction of sp³-hybridized carbons (Fsp3) is 0.611. The second-order valence-corrected chi connectivity index (χ2v) is 7.65. The van der Waals surface area contributed by atoms with Gasteiger partial charge in [-0.15, -0.1) is 11.3 Å². The van der Waals surface area contributed by atoms with Crippen LogP contribution in [0.2, 0.25) is 0 Å². The Morgan fingerprint density at radius 2 is 2.09 bits per heavy atom. The first kappa shape index (κ1) is 14.5. The summed E-state index contributed by atoms with van der Waals surface area (Å²) in [6.07, 6.45) is 11.7. The molecule has 4 rings (SSSR count). The number of rotatable bonds is 4. The standard InChI is InChI=1S/C18H24N2OS/c1-2-6-14(7-3-1)16-8-4-10-20(16)12-15-13-21-18(19-15)17-9-5-11-22-17/h5,9,11,13-14,16H,1-4,6-8,10,12H2. The van der Waals surface area contributed by atoms with Gasteiger partial charge < -0.3 is 4.42 Å². The maximum atomic E-state index is 5.67. The van der Waals surface area contributed by atoms with Crippen LogP contribution in [0.1, 0.15) is 50.6 Å². The zero-order valence-electron chi connectivity index (χ0n) is 13.0. The average Bonchev–Trinajstić information content (AvgIpc) is 3.30. The fourth-order valence-electron chi connectivity index (χ4n) is 4.20. The van der Waals surface area contributed by atoms with Gasteiger partial charge >= 0.3 is 0 Å². The van der Waals surface area contributed by atoms with Gasteiger partial charge in [-0.2, -0.15) is 0 Å². The van der Waals surface area contributed by atoms with Crippen LogP contribution in [0.3, 0.4) is 0 Å². The first-order valence-electron chi connectivity index (χ1n) is 8.62. The molecule has 3 nitrogen and oxygen atoms in total. The molecule has 2 aromatic heterocycles. The first-order chi connectivity index (χ1) is 10.9. The predicted octanol–water partition coefficient (Wildman–Crippen LogP) is 4.95. The highest BCUT2D eigenvalue weighted by molar-refractivity contribution is 7.13. The molecule has 1 aliphatic carbocycles. The van der Waals surface area contributed by atoms with E-state index in [1.165, 1.54) is 51.5 Å². The quantitative estimate of drug-likeness (QED) is 0.799. The minimum Gasteiger partial charge on any atom is -0.444 e. The van der Waals surface area contributed by atoms with E-state index < -0.39 is 0 Å². The van der Waals surface area contributed by atoms with Crippen molar-refractivity contribution in [2.45, 2.75) is 57.5 Å². The molecule has 1 atom stereocenters. The van der Waals surface area contributed by atoms with Crippen molar-refractivity contribution in [1.29, 1.82) is 0 Å². The van der Waals surface area contributed by atoms with Gasteiger partial charge in [0.15, 0.2) is 0 Å². The monoisotopic (exact) mass is 316 g/mol. The summed E-state index contributed by atoms with van der Waals surface area (Å²) in [4.78, 5) is 8.48. The van der Waals surface area contributed by atoms with Gasteiger partial charge in [0.2, 0.25) is 5.89 Å². The van der Waals surface area contributed by atoms with Crippen LogP contribution >= 0.6 is 11.3 Å². The van der Waals surface area contributed by atoms with E-state index in [0.717, 1.165) is 35.0 Å². The first-order valence-corrected chi connectivity index (χ1v) is 9.50. The Kier molecular flexibility index (Phi) is 4.30. The molecule has 0 bridgehead atoms. The van der Waals surface area contributed by atoms with E-state index in [4.69, 9.17) is 9.40 Å². The van der Waals surface area contributed by atoms with Crippen LogP contribution in [-0.4, -0.2) is 22.5 Å². The number of aromatic nitrogens is 1. The Bertz CT molecular complexity index is 586. The van der Waals surface area contributed by atoms with Crippen molar-refractivity contribution in [1.82, 2.24) is 9.88 Å². The normalized spacial score (nSPS) is 24.1. The Morgan fingerprint density at radius 1 is 1.18 bits per heavy atom. The van der Waals surface area contributed by atoms with Gasteiger partial charge in [0, 0.05) is 12.6 Å². The molecule has 2 aliphatic rings. The summed E-state index contributed by atoms with van der Waals surface area (Å²) in [6.45, 7) is 2.18. The molecule has 1 aliphatic heterocycles. The second kappa shape index (κ2) is 6.55. The van der Waals surface area contributed by atoms with Crippen molar-refractivity contribution >= 4 is 11.3 Å². The van der Waals surface area contributed by atoms with Crippen LogP contribution < -0.4 is 0 Å². The molecule has 1 unspecified atom stereocenters. The molecule has 0 amide bonds. The van der Waals surface area contributed by atoms with Crippen LogP contribution in [0, 0.1) is 5.92 Å². The molecule has 4 heteroatoms. The van der Waals surface area contributed by atoms with Gasteiger partial charge in [0.25, 0.3) is 0 Å². The van der Waals surface area contributed by atoms with Gasteiger partial charge in [-0.25, -0.2) is 4.98 Å². The maximum absolute atomic E-state index is 5.67. The lowest BCUT2D eigenvalue weighted by Crippen LogP contribution is -2.36. The molecule has 2 fully saturated rings. The predicted molar refractivity (Wildman–Crippen MR) is 89.8 cm³/mol. The topological polar surface area (TPSA) is 29.3 Å². The SMILES string of the molecule is c1csc(-c2nc(CN3CCCC3C3CCCCC3)co2)c1. The van der Waals surface area contributed by atoms with Gasteiger partial charge in [0.05, 0.1) is 10.6 Å². The van der Waals surface area contributed by atoms with Crippen LogP contribution in [0.4, 0.5) is 0 Å². The van der Waals surface area contributed by atoms with Crippen LogP contribution in [0.15, 0.2) is 28.2 Å². The summed E-state index contributed by atoms with van der Waals surface area (Å²) < 4.78 is 5.67. The largest absolute Gasteiger partial charge is 0.444 e. The van der Waals surface area contributed by atoms with Crippen LogP contribution in [0.25, 0.3) is 10.8 Å². The van der Waals surface area contributed by atoms with E-state index >= 15 is 0 Å². The molecule has 0 radical (unpaired) electrons. The Balaban J connectivity index is 1.43. The third-order valence-electron chi connectivity index (χ3n) is 5.26. The summed E-state index contributed by atoms with van der Waals surface area (Å²) in [5.74, 6) is 1.69. The molecule has 0 N–H and O–H groups in total. The van der Waals surface area contributed by atoms with Gasteiger partial charge in [0.1, 0.15) is 6.26 Å². The lowest BCUT2D eigenvalue weighted by Gasteiger charge is -2.33. The summed E-state index contributed by atoms with van der Waals surface area (Å²) >= 11 is 1.69. The molecule has 0 spiro atoms. The number of likely N-dealkylation sites (tertiary alicyclic amines) is 1. The van der Waals surface area contributed by atoms with Gasteiger partial charge in [-0.1, -0.05) is 25.3 Å². The van der Waals surface area contributed by atoms with E-state index in [0.29, 0.717) is 0 Å². The molecule has 118 valence electrons. The molecule has 1 saturated heterocycles. The fourth-order valence-corrected chi connectivity index (χ4v) is 4.86. The van der Waals surface area contributed by atoms with E-state index in [2.05, 4.69) is 16.3 Å². The lowest BCUT2D eigenvalue weighted by atomic mass is 9.83. The van der Waals surface area contributed by atoms with Crippen molar-refractivity contribution < 1.29 is 4.42 Å². The number of oxazole rings is 1. The van der Waals surface area contributed by atoms with Crippen LogP contribution in [-0.2, 0) is 6.54 Å². The molecule has 2 aromatic rings. The number of hydrogen-bond acceptors (Lipinski definition) is 4. The Hall–Kier alpha value is -1.13. The smallest absolute Gasteiger partial charge is 0.236 e. The van der Waals surface area contributed by atoms with Gasteiger partial charge in [-0.05, 0) is 49.6 Å². The average molecular weight is 316 g/mol. The Morgan fingerprint density at radius 3 is 2.91 bits per heavy atom. The van der Waals surface area contributed by atoms with E-state index in [9.17, 15) is 0 Å². The summed E-state index contributed by atoms with van der Waals surface area (Å²) in [7, 11) is 0. The third kappa shape index (κ3) is 2.99. The molecular weight excluding hydrogens is 292 g/mol. The molecule has 22 heavy (non-hydrogen) atoms. The van der Waals surface area contributed by atoms with Crippen molar-refractivity contribution in [2.24, 2.45) is 5.92 Å². The molecule has 1 saturated carbocycles. The van der Waals surface area contributed by atoms with E-state index in [1.807, 2.05) is 12.3 Å². The van der Waals surface area contributed by atoms with Crippen molar-refractivity contribution in [3.63, 3.8) is 0 Å². The van der Waals surface area contributed by atoms with Crippen molar-refractivity contribution in [3.05, 3.63) is 29.5 Å². The Labute approximate surface area is 136 Å². The minimum atomic E-state index is 0.776. The van der Waals surface area contributed by atoms with E-state index in [-0.39, 0.29) is 0 Å². The highest BCUT2D eigenvalue weighted by atomic mass is 32.1. The summed E-state index contributed by atoms with van der Waals surface area (Å²) in [5.41, 5.74) is 1.09. The lowest BCUT2D eigenvalue weighted by molar-refractivity contribution is 0.149. The van der Waals surface area contributed by atoms with Crippen molar-refractivity contribution in [3.8, 4) is 10.8 Å². The van der Waals surface area contributed by atoms with Crippen molar-refractivity contribution in [2.75, 3.05) is 6.54 Å². The zero-order chi connectivity index (χ0) is 14.8. The second-order valence-electron chi connectivity index (χ2n) is 6.70.